The van der Waals surface area contributed by atoms with Crippen LogP contribution in [0.4, 0.5) is 4.79 Å². The molecule has 2 rings (SSSR count). The van der Waals surface area contributed by atoms with Gasteiger partial charge in [-0.15, -0.1) is 0 Å². The Labute approximate surface area is 193 Å². The van der Waals surface area contributed by atoms with E-state index in [2.05, 4.69) is 10.6 Å². The van der Waals surface area contributed by atoms with Gasteiger partial charge in [-0.1, -0.05) is 60.5 Å². The molecule has 32 heavy (non-hydrogen) atoms. The maximum absolute atomic E-state index is 12.2. The Hall–Kier alpha value is -3.06. The van der Waals surface area contributed by atoms with E-state index in [1.807, 2.05) is 42.5 Å². The lowest BCUT2D eigenvalue weighted by molar-refractivity contribution is -0.145. The Balaban J connectivity index is 1.61. The Morgan fingerprint density at radius 1 is 0.938 bits per heavy atom. The quantitative estimate of drug-likeness (QED) is 0.368. The summed E-state index contributed by atoms with van der Waals surface area (Å²) in [6, 6.07) is 15.8. The molecule has 0 saturated heterocycles. The van der Waals surface area contributed by atoms with E-state index in [-0.39, 0.29) is 18.9 Å². The number of unbranched alkanes of at least 4 members (excludes halogenated alkanes) is 2. The number of hydrogen-bond acceptors (Lipinski definition) is 5. The van der Waals surface area contributed by atoms with Crippen molar-refractivity contribution < 1.29 is 23.9 Å². The largest absolute Gasteiger partial charge is 0.467 e. The van der Waals surface area contributed by atoms with Crippen molar-refractivity contribution in [3.63, 3.8) is 0 Å². The monoisotopic (exact) mass is 460 g/mol. The smallest absolute Gasteiger partial charge is 0.407 e. The zero-order valence-electron chi connectivity index (χ0n) is 18.1. The highest BCUT2D eigenvalue weighted by molar-refractivity contribution is 6.30. The van der Waals surface area contributed by atoms with Crippen LogP contribution in [0, 0.1) is 0 Å². The number of nitrogens with one attached hydrogen (secondary N) is 2. The topological polar surface area (TPSA) is 93.7 Å². The van der Waals surface area contributed by atoms with E-state index in [1.165, 1.54) is 7.11 Å². The van der Waals surface area contributed by atoms with Gasteiger partial charge < -0.3 is 20.1 Å². The number of carbonyl (C=O) groups is 3. The van der Waals surface area contributed by atoms with Crippen molar-refractivity contribution >= 4 is 29.6 Å². The number of methoxy groups -OCH3 is 1. The van der Waals surface area contributed by atoms with E-state index in [0.717, 1.165) is 24.0 Å². The van der Waals surface area contributed by atoms with Gasteiger partial charge in [-0.3, -0.25) is 4.79 Å². The van der Waals surface area contributed by atoms with Crippen molar-refractivity contribution in [3.05, 3.63) is 70.7 Å². The molecule has 0 spiro atoms. The van der Waals surface area contributed by atoms with Crippen LogP contribution in [-0.2, 0) is 32.1 Å². The van der Waals surface area contributed by atoms with Gasteiger partial charge in [0.25, 0.3) is 0 Å². The number of ether oxygens (including phenoxy) is 2. The molecule has 0 bridgehead atoms. The molecule has 0 aromatic heterocycles. The van der Waals surface area contributed by atoms with E-state index in [1.54, 1.807) is 12.1 Å². The van der Waals surface area contributed by atoms with E-state index in [4.69, 9.17) is 21.1 Å². The summed E-state index contributed by atoms with van der Waals surface area (Å²) in [7, 11) is 1.29. The molecule has 172 valence electrons. The third kappa shape index (κ3) is 9.83. The molecule has 2 N–H and O–H groups in total. The van der Waals surface area contributed by atoms with Crippen molar-refractivity contribution in [1.82, 2.24) is 10.6 Å². The number of alkyl carbamates (subject to hydrolysis) is 1. The molecular formula is C24H29ClN2O5. The van der Waals surface area contributed by atoms with Crippen LogP contribution < -0.4 is 10.6 Å². The van der Waals surface area contributed by atoms with Gasteiger partial charge in [0.05, 0.1) is 7.11 Å². The van der Waals surface area contributed by atoms with E-state index >= 15 is 0 Å². The van der Waals surface area contributed by atoms with Crippen LogP contribution in [0.2, 0.25) is 5.02 Å². The Bertz CT molecular complexity index is 858. The van der Waals surface area contributed by atoms with Crippen molar-refractivity contribution in [2.24, 2.45) is 0 Å². The Kier molecular flexibility index (Phi) is 11.1. The first kappa shape index (κ1) is 25.2. The fraction of sp³-hybridized carbons (Fsp3) is 0.375. The fourth-order valence-corrected chi connectivity index (χ4v) is 3.14. The second-order valence-corrected chi connectivity index (χ2v) is 7.71. The molecule has 0 heterocycles. The first-order valence-corrected chi connectivity index (χ1v) is 10.9. The molecule has 7 nitrogen and oxygen atoms in total. The molecule has 0 aliphatic rings. The number of halogens is 1. The number of amides is 2. The highest BCUT2D eigenvalue weighted by Crippen LogP contribution is 2.12. The molecule has 0 radical (unpaired) electrons. The third-order valence-corrected chi connectivity index (χ3v) is 4.99. The standard InChI is InChI=1S/C24H29ClN2O5/c1-31-23(29)21(16-18-11-13-20(25)14-12-18)27-22(28)10-6-3-7-15-26-24(30)32-17-19-8-4-2-5-9-19/h2,4-5,8-9,11-14,21H,3,6-7,10,15-17H2,1H3,(H,26,30)(H,27,28)/t21-/m1/s1. The lowest BCUT2D eigenvalue weighted by atomic mass is 10.1. The van der Waals surface area contributed by atoms with Gasteiger partial charge in [0.1, 0.15) is 12.6 Å². The minimum Gasteiger partial charge on any atom is -0.467 e. The molecule has 0 unspecified atom stereocenters. The van der Waals surface area contributed by atoms with Gasteiger partial charge in [0.2, 0.25) is 5.91 Å². The number of esters is 1. The zero-order chi connectivity index (χ0) is 23.2. The minimum absolute atomic E-state index is 0.218. The summed E-state index contributed by atoms with van der Waals surface area (Å²) in [5.41, 5.74) is 1.80. The third-order valence-electron chi connectivity index (χ3n) is 4.74. The van der Waals surface area contributed by atoms with Gasteiger partial charge in [-0.25, -0.2) is 9.59 Å². The SMILES string of the molecule is COC(=O)[C@@H](Cc1ccc(Cl)cc1)NC(=O)CCCCCNC(=O)OCc1ccccc1. The van der Waals surface area contributed by atoms with Crippen molar-refractivity contribution in [3.8, 4) is 0 Å². The summed E-state index contributed by atoms with van der Waals surface area (Å²) >= 11 is 5.88. The van der Waals surface area contributed by atoms with Crippen molar-refractivity contribution in [2.45, 2.75) is 44.8 Å². The summed E-state index contributed by atoms with van der Waals surface area (Å²) in [5, 5.41) is 6.03. The lowest BCUT2D eigenvalue weighted by Gasteiger charge is -2.16. The summed E-state index contributed by atoms with van der Waals surface area (Å²) in [5.74, 6) is -0.712. The molecular weight excluding hydrogens is 432 g/mol. The second kappa shape index (κ2) is 14.1. The van der Waals surface area contributed by atoms with E-state index in [0.29, 0.717) is 24.4 Å². The number of hydrogen-bond donors (Lipinski definition) is 2. The predicted molar refractivity (Wildman–Crippen MR) is 122 cm³/mol. The molecule has 8 heteroatoms. The summed E-state index contributed by atoms with van der Waals surface area (Å²) < 4.78 is 9.95. The normalized spacial score (nSPS) is 11.3. The summed E-state index contributed by atoms with van der Waals surface area (Å²) in [4.78, 5) is 36.0. The molecule has 2 aromatic carbocycles. The Morgan fingerprint density at radius 3 is 2.34 bits per heavy atom. The first-order chi connectivity index (χ1) is 15.5. The van der Waals surface area contributed by atoms with Crippen molar-refractivity contribution in [2.75, 3.05) is 13.7 Å². The average Bonchev–Trinajstić information content (AvgIpc) is 2.81. The molecule has 0 aliphatic carbocycles. The van der Waals surface area contributed by atoms with E-state index < -0.39 is 18.1 Å². The number of rotatable bonds is 12. The van der Waals surface area contributed by atoms with Crippen LogP contribution in [-0.4, -0.2) is 37.7 Å². The van der Waals surface area contributed by atoms with Gasteiger partial charge in [-0.05, 0) is 36.1 Å². The van der Waals surface area contributed by atoms with E-state index in [9.17, 15) is 14.4 Å². The summed E-state index contributed by atoms with van der Waals surface area (Å²) in [6.07, 6.45) is 2.26. The number of carbonyl (C=O) groups excluding carboxylic acids is 3. The maximum Gasteiger partial charge on any atom is 0.407 e. The highest BCUT2D eigenvalue weighted by Gasteiger charge is 2.21. The highest BCUT2D eigenvalue weighted by atomic mass is 35.5. The molecule has 0 fully saturated rings. The second-order valence-electron chi connectivity index (χ2n) is 7.27. The first-order valence-electron chi connectivity index (χ1n) is 10.5. The van der Waals surface area contributed by atoms with Crippen molar-refractivity contribution in [1.29, 1.82) is 0 Å². The lowest BCUT2D eigenvalue weighted by Crippen LogP contribution is -2.43. The van der Waals surface area contributed by atoms with Gasteiger partial charge in [-0.2, -0.15) is 0 Å². The van der Waals surface area contributed by atoms with Crippen LogP contribution >= 0.6 is 11.6 Å². The Morgan fingerprint density at radius 2 is 1.66 bits per heavy atom. The molecule has 1 atom stereocenters. The minimum atomic E-state index is -0.755. The molecule has 2 amide bonds. The van der Waals surface area contributed by atoms with Gasteiger partial charge in [0.15, 0.2) is 0 Å². The zero-order valence-corrected chi connectivity index (χ0v) is 18.9. The van der Waals surface area contributed by atoms with Gasteiger partial charge >= 0.3 is 12.1 Å². The van der Waals surface area contributed by atoms with Crippen LogP contribution in [0.25, 0.3) is 0 Å². The van der Waals surface area contributed by atoms with Crippen LogP contribution in [0.3, 0.4) is 0 Å². The number of benzene rings is 2. The average molecular weight is 461 g/mol. The molecule has 0 saturated carbocycles. The molecule has 2 aromatic rings. The summed E-state index contributed by atoms with van der Waals surface area (Å²) in [6.45, 7) is 0.695. The van der Waals surface area contributed by atoms with Crippen LogP contribution in [0.15, 0.2) is 54.6 Å². The molecule has 0 aliphatic heterocycles. The van der Waals surface area contributed by atoms with Crippen LogP contribution in [0.5, 0.6) is 0 Å². The fourth-order valence-electron chi connectivity index (χ4n) is 3.01. The predicted octanol–water partition coefficient (Wildman–Crippen LogP) is 4.03. The van der Waals surface area contributed by atoms with Crippen LogP contribution in [0.1, 0.15) is 36.8 Å². The maximum atomic E-state index is 12.2. The van der Waals surface area contributed by atoms with Gasteiger partial charge in [0, 0.05) is 24.4 Å².